The van der Waals surface area contributed by atoms with Crippen LogP contribution < -0.4 is 0 Å². The highest BCUT2D eigenvalue weighted by atomic mass is 16.5. The van der Waals surface area contributed by atoms with Gasteiger partial charge in [-0.3, -0.25) is 14.6 Å². The van der Waals surface area contributed by atoms with Crippen LogP contribution >= 0.6 is 0 Å². The van der Waals surface area contributed by atoms with Gasteiger partial charge < -0.3 is 9.64 Å². The molecule has 0 aliphatic carbocycles. The van der Waals surface area contributed by atoms with Gasteiger partial charge in [0, 0.05) is 45.8 Å². The SMILES string of the molecule is CC(C)OCCN1CCN(CC(=O)N2C[C@H](C)C[C@H](C)C2)CC1. The van der Waals surface area contributed by atoms with Gasteiger partial charge in [-0.1, -0.05) is 13.8 Å². The van der Waals surface area contributed by atoms with Crippen LogP contribution in [0.5, 0.6) is 0 Å². The van der Waals surface area contributed by atoms with Crippen LogP contribution in [-0.4, -0.2) is 85.7 Å². The highest BCUT2D eigenvalue weighted by Gasteiger charge is 2.27. The monoisotopic (exact) mass is 325 g/mol. The standard InChI is InChI=1S/C18H35N3O2/c1-15(2)23-10-9-19-5-7-20(8-6-19)14-18(22)21-12-16(3)11-17(4)13-21/h15-17H,5-14H2,1-4H3/t16-,17+. The van der Waals surface area contributed by atoms with Crippen LogP contribution in [0.15, 0.2) is 0 Å². The van der Waals surface area contributed by atoms with E-state index in [1.165, 1.54) is 6.42 Å². The molecule has 0 unspecified atom stereocenters. The summed E-state index contributed by atoms with van der Waals surface area (Å²) in [5.74, 6) is 1.60. The number of carbonyl (C=O) groups is 1. The number of rotatable bonds is 6. The van der Waals surface area contributed by atoms with E-state index in [1.54, 1.807) is 0 Å². The van der Waals surface area contributed by atoms with Crippen molar-refractivity contribution in [2.45, 2.75) is 40.2 Å². The van der Waals surface area contributed by atoms with Gasteiger partial charge in [0.05, 0.1) is 19.3 Å². The lowest BCUT2D eigenvalue weighted by Crippen LogP contribution is -2.52. The predicted octanol–water partition coefficient (Wildman–Crippen LogP) is 1.53. The number of hydrogen-bond acceptors (Lipinski definition) is 4. The molecule has 2 saturated heterocycles. The molecule has 0 spiro atoms. The molecule has 1 amide bonds. The van der Waals surface area contributed by atoms with Crippen molar-refractivity contribution in [3.8, 4) is 0 Å². The molecule has 23 heavy (non-hydrogen) atoms. The molecule has 5 heteroatoms. The Morgan fingerprint density at radius 3 is 2.17 bits per heavy atom. The number of hydrogen-bond donors (Lipinski definition) is 0. The topological polar surface area (TPSA) is 36.0 Å². The second-order valence-electron chi connectivity index (χ2n) is 7.78. The second-order valence-corrected chi connectivity index (χ2v) is 7.78. The molecule has 2 atom stereocenters. The van der Waals surface area contributed by atoms with E-state index < -0.39 is 0 Å². The van der Waals surface area contributed by atoms with Crippen molar-refractivity contribution in [1.29, 1.82) is 0 Å². The molecule has 134 valence electrons. The van der Waals surface area contributed by atoms with Crippen LogP contribution in [0.2, 0.25) is 0 Å². The first-order valence-corrected chi connectivity index (χ1v) is 9.28. The third-order valence-corrected chi connectivity index (χ3v) is 4.90. The van der Waals surface area contributed by atoms with Crippen molar-refractivity contribution in [2.24, 2.45) is 11.8 Å². The Morgan fingerprint density at radius 2 is 1.61 bits per heavy atom. The Balaban J connectivity index is 1.66. The minimum atomic E-state index is 0.309. The summed E-state index contributed by atoms with van der Waals surface area (Å²) in [5.41, 5.74) is 0. The van der Waals surface area contributed by atoms with Crippen LogP contribution in [0.1, 0.15) is 34.1 Å². The molecule has 0 bridgehead atoms. The number of piperazine rings is 1. The van der Waals surface area contributed by atoms with Gasteiger partial charge in [-0.15, -0.1) is 0 Å². The fourth-order valence-electron chi connectivity index (χ4n) is 3.75. The zero-order valence-electron chi connectivity index (χ0n) is 15.5. The van der Waals surface area contributed by atoms with E-state index in [4.69, 9.17) is 4.74 Å². The summed E-state index contributed by atoms with van der Waals surface area (Å²) in [6, 6.07) is 0. The highest BCUT2D eigenvalue weighted by molar-refractivity contribution is 5.78. The quantitative estimate of drug-likeness (QED) is 0.742. The molecule has 2 heterocycles. The summed E-state index contributed by atoms with van der Waals surface area (Å²) in [6.45, 7) is 17.0. The van der Waals surface area contributed by atoms with Crippen molar-refractivity contribution in [3.05, 3.63) is 0 Å². The molecule has 5 nitrogen and oxygen atoms in total. The van der Waals surface area contributed by atoms with Crippen LogP contribution in [0.4, 0.5) is 0 Å². The molecule has 0 saturated carbocycles. The lowest BCUT2D eigenvalue weighted by atomic mass is 9.92. The van der Waals surface area contributed by atoms with E-state index >= 15 is 0 Å². The zero-order chi connectivity index (χ0) is 16.8. The molecule has 0 radical (unpaired) electrons. The fourth-order valence-corrected chi connectivity index (χ4v) is 3.75. The first kappa shape index (κ1) is 18.7. The molecule has 0 aromatic carbocycles. The average Bonchev–Trinajstić information content (AvgIpc) is 2.47. The summed E-state index contributed by atoms with van der Waals surface area (Å²) in [5, 5.41) is 0. The lowest BCUT2D eigenvalue weighted by Gasteiger charge is -2.38. The van der Waals surface area contributed by atoms with Gasteiger partial charge in [-0.25, -0.2) is 0 Å². The van der Waals surface area contributed by atoms with Gasteiger partial charge in [0.25, 0.3) is 0 Å². The number of piperidine rings is 1. The van der Waals surface area contributed by atoms with E-state index in [9.17, 15) is 4.79 Å². The Labute approximate surface area is 141 Å². The average molecular weight is 325 g/mol. The highest BCUT2D eigenvalue weighted by Crippen LogP contribution is 2.21. The van der Waals surface area contributed by atoms with Gasteiger partial charge in [0.1, 0.15) is 0 Å². The van der Waals surface area contributed by atoms with Crippen LogP contribution in [0.3, 0.4) is 0 Å². The molecule has 2 fully saturated rings. The van der Waals surface area contributed by atoms with E-state index in [1.807, 2.05) is 0 Å². The number of ether oxygens (including phenoxy) is 1. The lowest BCUT2D eigenvalue weighted by molar-refractivity contribution is -0.135. The van der Waals surface area contributed by atoms with Crippen molar-refractivity contribution in [2.75, 3.05) is 59.0 Å². The molecular formula is C18H35N3O2. The van der Waals surface area contributed by atoms with Gasteiger partial charge in [-0.05, 0) is 32.1 Å². The maximum absolute atomic E-state index is 12.5. The predicted molar refractivity (Wildman–Crippen MR) is 93.5 cm³/mol. The van der Waals surface area contributed by atoms with Crippen molar-refractivity contribution >= 4 is 5.91 Å². The molecule has 2 aliphatic heterocycles. The Hall–Kier alpha value is -0.650. The van der Waals surface area contributed by atoms with E-state index in [0.717, 1.165) is 52.4 Å². The molecule has 0 aromatic heterocycles. The van der Waals surface area contributed by atoms with Gasteiger partial charge in [-0.2, -0.15) is 0 Å². The summed E-state index contributed by atoms with van der Waals surface area (Å²) < 4.78 is 5.62. The van der Waals surface area contributed by atoms with Crippen molar-refractivity contribution in [3.63, 3.8) is 0 Å². The normalized spacial score (nSPS) is 27.6. The first-order chi connectivity index (χ1) is 10.9. The van der Waals surface area contributed by atoms with Crippen molar-refractivity contribution < 1.29 is 9.53 Å². The first-order valence-electron chi connectivity index (χ1n) is 9.28. The van der Waals surface area contributed by atoms with E-state index in [-0.39, 0.29) is 0 Å². The molecule has 2 rings (SSSR count). The second kappa shape index (κ2) is 9.00. The molecular weight excluding hydrogens is 290 g/mol. The van der Waals surface area contributed by atoms with Gasteiger partial charge >= 0.3 is 0 Å². The number of amides is 1. The van der Waals surface area contributed by atoms with Gasteiger partial charge in [0.15, 0.2) is 0 Å². The van der Waals surface area contributed by atoms with Crippen LogP contribution in [0.25, 0.3) is 0 Å². The van der Waals surface area contributed by atoms with Crippen LogP contribution in [0, 0.1) is 11.8 Å². The Kier molecular flexibility index (Phi) is 7.31. The number of carbonyl (C=O) groups excluding carboxylic acids is 1. The minimum absolute atomic E-state index is 0.309. The molecule has 0 N–H and O–H groups in total. The molecule has 2 aliphatic rings. The third-order valence-electron chi connectivity index (χ3n) is 4.90. The van der Waals surface area contributed by atoms with Crippen LogP contribution in [-0.2, 0) is 9.53 Å². The Bertz CT molecular complexity index is 357. The summed E-state index contributed by atoms with van der Waals surface area (Å²) in [7, 11) is 0. The smallest absolute Gasteiger partial charge is 0.236 e. The van der Waals surface area contributed by atoms with Crippen molar-refractivity contribution in [1.82, 2.24) is 14.7 Å². The number of nitrogens with zero attached hydrogens (tertiary/aromatic N) is 3. The van der Waals surface area contributed by atoms with Gasteiger partial charge in [0.2, 0.25) is 5.91 Å². The van der Waals surface area contributed by atoms with E-state index in [0.29, 0.717) is 30.4 Å². The molecule has 0 aromatic rings. The Morgan fingerprint density at radius 1 is 1.04 bits per heavy atom. The third kappa shape index (κ3) is 6.40. The zero-order valence-corrected chi connectivity index (χ0v) is 15.5. The summed E-state index contributed by atoms with van der Waals surface area (Å²) in [6.07, 6.45) is 1.56. The maximum atomic E-state index is 12.5. The summed E-state index contributed by atoms with van der Waals surface area (Å²) >= 11 is 0. The summed E-state index contributed by atoms with van der Waals surface area (Å²) in [4.78, 5) is 19.4. The maximum Gasteiger partial charge on any atom is 0.236 e. The number of likely N-dealkylation sites (tertiary alicyclic amines) is 1. The largest absolute Gasteiger partial charge is 0.377 e. The fraction of sp³-hybridized carbons (Fsp3) is 0.944. The minimum Gasteiger partial charge on any atom is -0.377 e. The van der Waals surface area contributed by atoms with E-state index in [2.05, 4.69) is 42.4 Å².